The van der Waals surface area contributed by atoms with Crippen LogP contribution >= 0.6 is 0 Å². The molecule has 0 unspecified atom stereocenters. The van der Waals surface area contributed by atoms with Crippen molar-refractivity contribution in [3.8, 4) is 46.0 Å². The molecule has 4 aromatic rings. The number of nitrogens with zero attached hydrogens (tertiary/aromatic N) is 4. The molecule has 0 aliphatic heterocycles. The molecule has 0 saturated heterocycles. The molecule has 8 heteroatoms. The van der Waals surface area contributed by atoms with Crippen molar-refractivity contribution in [2.24, 2.45) is 0 Å². The molecular formula is C24H10F4N4. The zero-order valence-electron chi connectivity index (χ0n) is 16.1. The third kappa shape index (κ3) is 3.78. The monoisotopic (exact) mass is 430 g/mol. The Labute approximate surface area is 179 Å². The van der Waals surface area contributed by atoms with Gasteiger partial charge in [-0.1, -0.05) is 12.1 Å². The molecule has 2 aromatic heterocycles. The van der Waals surface area contributed by atoms with Gasteiger partial charge < -0.3 is 0 Å². The van der Waals surface area contributed by atoms with Gasteiger partial charge in [0.15, 0.2) is 0 Å². The summed E-state index contributed by atoms with van der Waals surface area (Å²) in [6, 6.07) is 16.5. The summed E-state index contributed by atoms with van der Waals surface area (Å²) < 4.78 is 56.0. The zero-order valence-corrected chi connectivity index (χ0v) is 16.1. The van der Waals surface area contributed by atoms with Gasteiger partial charge in [0.2, 0.25) is 0 Å². The number of pyridine rings is 2. The van der Waals surface area contributed by atoms with Crippen LogP contribution in [0.15, 0.2) is 60.7 Å². The van der Waals surface area contributed by atoms with Crippen LogP contribution in [0.5, 0.6) is 0 Å². The molecule has 0 aliphatic rings. The molecule has 2 aromatic carbocycles. The summed E-state index contributed by atoms with van der Waals surface area (Å²) in [6.07, 6.45) is 0. The first-order chi connectivity index (χ1) is 15.4. The average molecular weight is 430 g/mol. The van der Waals surface area contributed by atoms with Crippen LogP contribution in [0.25, 0.3) is 33.9 Å². The molecule has 154 valence electrons. The van der Waals surface area contributed by atoms with Gasteiger partial charge in [0, 0.05) is 11.1 Å². The lowest BCUT2D eigenvalue weighted by atomic mass is 10.1. The summed E-state index contributed by atoms with van der Waals surface area (Å²) in [4.78, 5) is 8.76. The maximum atomic E-state index is 14.0. The van der Waals surface area contributed by atoms with E-state index in [4.69, 9.17) is 10.5 Å². The second-order valence-electron chi connectivity index (χ2n) is 6.67. The Morgan fingerprint density at radius 3 is 1.16 bits per heavy atom. The highest BCUT2D eigenvalue weighted by Crippen LogP contribution is 2.27. The van der Waals surface area contributed by atoms with E-state index in [1.807, 2.05) is 0 Å². The van der Waals surface area contributed by atoms with Crippen molar-refractivity contribution in [3.05, 3.63) is 95.1 Å². The highest BCUT2D eigenvalue weighted by Gasteiger charge is 2.15. The maximum Gasteiger partial charge on any atom is 0.144 e. The molecule has 0 N–H and O–H groups in total. The van der Waals surface area contributed by atoms with Gasteiger partial charge in [-0.15, -0.1) is 0 Å². The molecule has 0 spiro atoms. The minimum atomic E-state index is -1.00. The molecule has 0 saturated carbocycles. The fourth-order valence-corrected chi connectivity index (χ4v) is 3.13. The zero-order chi connectivity index (χ0) is 22.8. The number of halogens is 4. The van der Waals surface area contributed by atoms with Crippen molar-refractivity contribution in [1.82, 2.24) is 9.97 Å². The van der Waals surface area contributed by atoms with E-state index in [1.54, 1.807) is 36.4 Å². The fraction of sp³-hybridized carbons (Fsp3) is 0. The van der Waals surface area contributed by atoms with Gasteiger partial charge in [-0.2, -0.15) is 10.5 Å². The lowest BCUT2D eigenvalue weighted by Crippen LogP contribution is -1.96. The number of benzene rings is 2. The largest absolute Gasteiger partial charge is 0.246 e. The predicted molar refractivity (Wildman–Crippen MR) is 108 cm³/mol. The molecule has 4 nitrogen and oxygen atoms in total. The van der Waals surface area contributed by atoms with Crippen molar-refractivity contribution >= 4 is 0 Å². The molecule has 0 atom stereocenters. The van der Waals surface area contributed by atoms with E-state index >= 15 is 0 Å². The number of hydrogen-bond donors (Lipinski definition) is 0. The Hall–Kier alpha value is -4.56. The normalized spacial score (nSPS) is 10.4. The van der Waals surface area contributed by atoms with Crippen molar-refractivity contribution in [1.29, 1.82) is 10.5 Å². The van der Waals surface area contributed by atoms with Crippen molar-refractivity contribution < 1.29 is 17.6 Å². The van der Waals surface area contributed by atoms with Gasteiger partial charge in [0.25, 0.3) is 0 Å². The second kappa shape index (κ2) is 8.29. The van der Waals surface area contributed by atoms with Gasteiger partial charge in [-0.05, 0) is 48.5 Å². The molecule has 0 bridgehead atoms. The van der Waals surface area contributed by atoms with Gasteiger partial charge >= 0.3 is 0 Å². The van der Waals surface area contributed by atoms with Crippen LogP contribution in [0, 0.1) is 45.9 Å². The van der Waals surface area contributed by atoms with Crippen molar-refractivity contribution in [3.63, 3.8) is 0 Å². The third-order valence-electron chi connectivity index (χ3n) is 4.66. The maximum absolute atomic E-state index is 14.0. The van der Waals surface area contributed by atoms with Crippen molar-refractivity contribution in [2.75, 3.05) is 0 Å². The Kier molecular flexibility index (Phi) is 5.36. The number of aromatic nitrogens is 2. The van der Waals surface area contributed by atoms with E-state index in [1.165, 1.54) is 12.1 Å². The van der Waals surface area contributed by atoms with E-state index in [0.29, 0.717) is 11.4 Å². The highest BCUT2D eigenvalue weighted by molar-refractivity contribution is 5.68. The van der Waals surface area contributed by atoms with Crippen LogP contribution in [0.4, 0.5) is 17.6 Å². The summed E-state index contributed by atoms with van der Waals surface area (Å²) in [5.41, 5.74) is 0.0944. The Bertz CT molecular complexity index is 1290. The minimum Gasteiger partial charge on any atom is -0.246 e. The minimum absolute atomic E-state index is 0.133. The van der Waals surface area contributed by atoms with Crippen LogP contribution in [-0.2, 0) is 0 Å². The molecular weight excluding hydrogens is 420 g/mol. The third-order valence-corrected chi connectivity index (χ3v) is 4.66. The van der Waals surface area contributed by atoms with E-state index in [-0.39, 0.29) is 22.5 Å². The van der Waals surface area contributed by atoms with Crippen LogP contribution in [0.2, 0.25) is 0 Å². The van der Waals surface area contributed by atoms with E-state index in [0.717, 1.165) is 24.3 Å². The Morgan fingerprint density at radius 1 is 0.531 bits per heavy atom. The first-order valence-corrected chi connectivity index (χ1v) is 9.15. The number of hydrogen-bond acceptors (Lipinski definition) is 4. The molecule has 0 aliphatic carbocycles. The SMILES string of the molecule is N#Cc1c(F)cc(-c2cccc(-c3cccc(-c4cc(F)c(C#N)c(F)c4)n3)n2)cc1F. The summed E-state index contributed by atoms with van der Waals surface area (Å²) in [7, 11) is 0. The quantitative estimate of drug-likeness (QED) is 0.387. The van der Waals surface area contributed by atoms with Gasteiger partial charge in [-0.3, -0.25) is 0 Å². The molecule has 0 amide bonds. The predicted octanol–water partition coefficient (Wildman–Crippen LogP) is 5.78. The first kappa shape index (κ1) is 20.7. The van der Waals surface area contributed by atoms with Crippen LogP contribution in [0.1, 0.15) is 11.1 Å². The Morgan fingerprint density at radius 2 is 0.844 bits per heavy atom. The summed E-state index contributed by atoms with van der Waals surface area (Å²) in [5, 5.41) is 17.6. The molecule has 0 fully saturated rings. The Balaban J connectivity index is 1.76. The first-order valence-electron chi connectivity index (χ1n) is 9.15. The standard InChI is InChI=1S/C24H10F4N4/c25-17-7-13(8-18(26)15(17)11-29)21-3-1-5-23(31-21)24-6-2-4-22(32-24)14-9-19(27)16(12-30)20(28)10-14/h1-10H. The van der Waals surface area contributed by atoms with E-state index < -0.39 is 34.4 Å². The molecule has 4 rings (SSSR count). The van der Waals surface area contributed by atoms with E-state index in [2.05, 4.69) is 9.97 Å². The summed E-state index contributed by atoms with van der Waals surface area (Å²) in [6.45, 7) is 0. The summed E-state index contributed by atoms with van der Waals surface area (Å²) >= 11 is 0. The fourth-order valence-electron chi connectivity index (χ4n) is 3.13. The van der Waals surface area contributed by atoms with Gasteiger partial charge in [0.05, 0.1) is 22.8 Å². The summed E-state index contributed by atoms with van der Waals surface area (Å²) in [5.74, 6) is -4.00. The smallest absolute Gasteiger partial charge is 0.144 e. The van der Waals surface area contributed by atoms with E-state index in [9.17, 15) is 17.6 Å². The van der Waals surface area contributed by atoms with Crippen LogP contribution < -0.4 is 0 Å². The number of rotatable bonds is 3. The second-order valence-corrected chi connectivity index (χ2v) is 6.67. The lowest BCUT2D eigenvalue weighted by Gasteiger charge is -2.08. The lowest BCUT2D eigenvalue weighted by molar-refractivity contribution is 0.577. The molecule has 0 radical (unpaired) electrons. The topological polar surface area (TPSA) is 73.4 Å². The van der Waals surface area contributed by atoms with Crippen LogP contribution in [0.3, 0.4) is 0 Å². The molecule has 32 heavy (non-hydrogen) atoms. The van der Waals surface area contributed by atoms with Gasteiger partial charge in [-0.25, -0.2) is 27.5 Å². The molecule has 2 heterocycles. The van der Waals surface area contributed by atoms with Crippen molar-refractivity contribution in [2.45, 2.75) is 0 Å². The van der Waals surface area contributed by atoms with Crippen LogP contribution in [-0.4, -0.2) is 9.97 Å². The highest BCUT2D eigenvalue weighted by atomic mass is 19.1. The average Bonchev–Trinajstić information content (AvgIpc) is 2.79. The van der Waals surface area contributed by atoms with Gasteiger partial charge in [0.1, 0.15) is 46.5 Å². The number of nitriles is 2.